The first kappa shape index (κ1) is 27.8. The highest BCUT2D eigenvalue weighted by molar-refractivity contribution is 6.08. The van der Waals surface area contributed by atoms with E-state index < -0.39 is 0 Å². The molecule has 1 aliphatic carbocycles. The molecule has 0 atom stereocenters. The van der Waals surface area contributed by atoms with Gasteiger partial charge in [-0.25, -0.2) is 15.0 Å². The smallest absolute Gasteiger partial charge is 0.181 e. The molecule has 0 fully saturated rings. The Bertz CT molecular complexity index is 2650. The van der Waals surface area contributed by atoms with Crippen molar-refractivity contribution in [2.24, 2.45) is 0 Å². The molecule has 7 aromatic carbocycles. The van der Waals surface area contributed by atoms with E-state index >= 15 is 0 Å². The monoisotopic (exact) mass is 631 g/mol. The third-order valence-electron chi connectivity index (χ3n) is 9.98. The molecule has 0 unspecified atom stereocenters. The van der Waals surface area contributed by atoms with Crippen LogP contribution >= 0.6 is 0 Å². The van der Waals surface area contributed by atoms with Crippen molar-refractivity contribution >= 4 is 21.5 Å². The van der Waals surface area contributed by atoms with Gasteiger partial charge in [-0.3, -0.25) is 0 Å². The number of aromatic nitrogens is 3. The van der Waals surface area contributed by atoms with Gasteiger partial charge < -0.3 is 9.47 Å². The van der Waals surface area contributed by atoms with Crippen LogP contribution in [0.3, 0.4) is 0 Å². The molecule has 0 bridgehead atoms. The van der Waals surface area contributed by atoms with Crippen molar-refractivity contribution in [2.75, 3.05) is 0 Å². The Hall–Kier alpha value is -6.33. The molecule has 5 heteroatoms. The lowest BCUT2D eigenvalue weighted by atomic mass is 9.82. The lowest BCUT2D eigenvalue weighted by Gasteiger charge is -2.26. The van der Waals surface area contributed by atoms with Crippen molar-refractivity contribution in [1.29, 1.82) is 0 Å². The normalized spacial score (nSPS) is 13.6. The number of hydrogen-bond acceptors (Lipinski definition) is 5. The van der Waals surface area contributed by atoms with Crippen molar-refractivity contribution in [3.63, 3.8) is 0 Å². The lowest BCUT2D eigenvalue weighted by Crippen LogP contribution is -2.15. The zero-order chi connectivity index (χ0) is 32.7. The molecular weight excluding hydrogens is 603 g/mol. The second-order valence-corrected chi connectivity index (χ2v) is 13.2. The fourth-order valence-electron chi connectivity index (χ4n) is 7.52. The second-order valence-electron chi connectivity index (χ2n) is 13.2. The Morgan fingerprint density at radius 2 is 1.14 bits per heavy atom. The number of rotatable bonds is 3. The predicted octanol–water partition coefficient (Wildman–Crippen LogP) is 11.4. The highest BCUT2D eigenvalue weighted by atomic mass is 16.6. The minimum Gasteiger partial charge on any atom is -0.449 e. The summed E-state index contributed by atoms with van der Waals surface area (Å²) in [6.45, 7) is 4.53. The summed E-state index contributed by atoms with van der Waals surface area (Å²) < 4.78 is 13.5. The maximum absolute atomic E-state index is 6.92. The summed E-state index contributed by atoms with van der Waals surface area (Å²) in [4.78, 5) is 15.2. The molecule has 0 amide bonds. The molecule has 232 valence electrons. The van der Waals surface area contributed by atoms with E-state index in [0.717, 1.165) is 33.4 Å². The van der Waals surface area contributed by atoms with Gasteiger partial charge in [0.1, 0.15) is 0 Å². The minimum absolute atomic E-state index is 0.163. The van der Waals surface area contributed by atoms with Crippen LogP contribution in [0, 0.1) is 0 Å². The Morgan fingerprint density at radius 3 is 2.04 bits per heavy atom. The largest absolute Gasteiger partial charge is 0.449 e. The summed E-state index contributed by atoms with van der Waals surface area (Å²) in [6, 6.07) is 47.9. The lowest BCUT2D eigenvalue weighted by molar-refractivity contribution is 0.361. The number of benzene rings is 7. The van der Waals surface area contributed by atoms with Crippen LogP contribution in [0.5, 0.6) is 23.0 Å². The molecule has 0 saturated carbocycles. The molecule has 0 spiro atoms. The quantitative estimate of drug-likeness (QED) is 0.182. The van der Waals surface area contributed by atoms with Gasteiger partial charge >= 0.3 is 0 Å². The Morgan fingerprint density at radius 1 is 0.449 bits per heavy atom. The third kappa shape index (κ3) is 4.22. The van der Waals surface area contributed by atoms with E-state index in [0.29, 0.717) is 34.7 Å². The van der Waals surface area contributed by atoms with Crippen molar-refractivity contribution < 1.29 is 9.47 Å². The summed E-state index contributed by atoms with van der Waals surface area (Å²) in [5.74, 6) is 4.31. The number of nitrogens with zero attached hydrogens (tertiary/aromatic N) is 3. The maximum atomic E-state index is 6.92. The Kier molecular flexibility index (Phi) is 5.85. The zero-order valence-electron chi connectivity index (χ0n) is 26.9. The maximum Gasteiger partial charge on any atom is 0.181 e. The van der Waals surface area contributed by atoms with E-state index in [2.05, 4.69) is 98.8 Å². The van der Waals surface area contributed by atoms with E-state index in [1.807, 2.05) is 54.6 Å². The van der Waals surface area contributed by atoms with E-state index in [1.54, 1.807) is 0 Å². The molecule has 1 aliphatic heterocycles. The molecule has 0 saturated heterocycles. The first-order valence-electron chi connectivity index (χ1n) is 16.5. The van der Waals surface area contributed by atoms with Gasteiger partial charge in [-0.1, -0.05) is 129 Å². The fraction of sp³-hybridized carbons (Fsp3) is 0.0682. The van der Waals surface area contributed by atoms with Gasteiger partial charge in [-0.15, -0.1) is 0 Å². The van der Waals surface area contributed by atoms with Gasteiger partial charge in [-0.2, -0.15) is 0 Å². The summed E-state index contributed by atoms with van der Waals surface area (Å²) >= 11 is 0. The van der Waals surface area contributed by atoms with Crippen molar-refractivity contribution in [3.05, 3.63) is 151 Å². The van der Waals surface area contributed by atoms with E-state index in [1.165, 1.54) is 32.8 Å². The van der Waals surface area contributed by atoms with Gasteiger partial charge in [-0.05, 0) is 62.5 Å². The van der Waals surface area contributed by atoms with Gasteiger partial charge in [0.05, 0.1) is 5.56 Å². The van der Waals surface area contributed by atoms with Gasteiger partial charge in [0.15, 0.2) is 40.5 Å². The van der Waals surface area contributed by atoms with Gasteiger partial charge in [0.25, 0.3) is 0 Å². The fourth-order valence-corrected chi connectivity index (χ4v) is 7.52. The second kappa shape index (κ2) is 10.3. The Balaban J connectivity index is 1.15. The first-order chi connectivity index (χ1) is 24.0. The standard InChI is InChI=1S/C44H29N3O2/c1-44(2)34-17-9-8-15-32(34)38-35(44)23-24-37-40(38)49-39-33(16-10-18-36(39)48-37)43-46-41(27-12-4-3-5-13-27)45-42(47-43)29-21-22-31-28(25-29)20-19-26-11-6-7-14-30(26)31/h3-25H,1-2H3. The molecule has 10 rings (SSSR count). The van der Waals surface area contributed by atoms with Gasteiger partial charge in [0, 0.05) is 22.1 Å². The molecular formula is C44H29N3O2. The highest BCUT2D eigenvalue weighted by Gasteiger charge is 2.40. The van der Waals surface area contributed by atoms with Crippen LogP contribution < -0.4 is 9.47 Å². The topological polar surface area (TPSA) is 57.1 Å². The molecule has 2 heterocycles. The molecule has 5 nitrogen and oxygen atoms in total. The Labute approximate surface area is 283 Å². The molecule has 49 heavy (non-hydrogen) atoms. The van der Waals surface area contributed by atoms with E-state index in [9.17, 15) is 0 Å². The van der Waals surface area contributed by atoms with Crippen LogP contribution in [0.4, 0.5) is 0 Å². The first-order valence-corrected chi connectivity index (χ1v) is 16.5. The average Bonchev–Trinajstić information content (AvgIpc) is 3.39. The van der Waals surface area contributed by atoms with Crippen molar-refractivity contribution in [1.82, 2.24) is 15.0 Å². The van der Waals surface area contributed by atoms with Crippen molar-refractivity contribution in [3.8, 4) is 68.3 Å². The zero-order valence-corrected chi connectivity index (χ0v) is 26.9. The summed E-state index contributed by atoms with van der Waals surface area (Å²) in [6.07, 6.45) is 0. The summed E-state index contributed by atoms with van der Waals surface area (Å²) in [7, 11) is 0. The molecule has 8 aromatic rings. The number of para-hydroxylation sites is 1. The van der Waals surface area contributed by atoms with Crippen LogP contribution in [0.25, 0.3) is 66.8 Å². The summed E-state index contributed by atoms with van der Waals surface area (Å²) in [5.41, 5.74) is 7.12. The van der Waals surface area contributed by atoms with Gasteiger partial charge in [0.2, 0.25) is 0 Å². The predicted molar refractivity (Wildman–Crippen MR) is 195 cm³/mol. The summed E-state index contributed by atoms with van der Waals surface area (Å²) in [5, 5.41) is 4.76. The molecule has 2 aliphatic rings. The van der Waals surface area contributed by atoms with Crippen LogP contribution in [-0.2, 0) is 5.41 Å². The number of fused-ring (bicyclic) bond motifs is 9. The SMILES string of the molecule is CC1(C)c2ccccc2-c2c1ccc1c2Oc2c(cccc2-c2nc(-c3ccccc3)nc(-c3ccc4c(ccc5ccccc54)c3)n2)O1. The van der Waals surface area contributed by atoms with Crippen LogP contribution in [0.2, 0.25) is 0 Å². The van der Waals surface area contributed by atoms with E-state index in [4.69, 9.17) is 24.4 Å². The van der Waals surface area contributed by atoms with Crippen molar-refractivity contribution in [2.45, 2.75) is 19.3 Å². The van der Waals surface area contributed by atoms with Crippen LogP contribution in [0.1, 0.15) is 25.0 Å². The molecule has 0 radical (unpaired) electrons. The van der Waals surface area contributed by atoms with E-state index in [-0.39, 0.29) is 5.41 Å². The number of hydrogen-bond donors (Lipinski definition) is 0. The van der Waals surface area contributed by atoms with Crippen LogP contribution in [0.15, 0.2) is 140 Å². The molecule has 1 aromatic heterocycles. The third-order valence-corrected chi connectivity index (χ3v) is 9.98. The van der Waals surface area contributed by atoms with Crippen LogP contribution in [-0.4, -0.2) is 15.0 Å². The number of ether oxygens (including phenoxy) is 2. The average molecular weight is 632 g/mol. The minimum atomic E-state index is -0.163. The molecule has 0 N–H and O–H groups in total. The highest BCUT2D eigenvalue weighted by Crippen LogP contribution is 2.59.